The molecule has 0 spiro atoms. The molecule has 0 unspecified atom stereocenters. The summed E-state index contributed by atoms with van der Waals surface area (Å²) in [7, 11) is 0. The molecular weight excluding hydrogens is 258 g/mol. The lowest BCUT2D eigenvalue weighted by Gasteiger charge is -2.16. The predicted octanol–water partition coefficient (Wildman–Crippen LogP) is 3.42. The first-order valence-corrected chi connectivity index (χ1v) is 7.13. The molecule has 1 atom stereocenters. The van der Waals surface area contributed by atoms with Crippen LogP contribution in [0.5, 0.6) is 0 Å². The Balaban J connectivity index is 1.91. The maximum atomic E-state index is 6.40. The molecule has 0 aliphatic rings. The second-order valence-corrected chi connectivity index (χ2v) is 5.27. The molecule has 3 aromatic rings. The summed E-state index contributed by atoms with van der Waals surface area (Å²) in [6, 6.07) is 18.5. The summed E-state index contributed by atoms with van der Waals surface area (Å²) < 4.78 is 2.09. The average molecular weight is 277 g/mol. The summed E-state index contributed by atoms with van der Waals surface area (Å²) in [6.45, 7) is 2.10. The lowest BCUT2D eigenvalue weighted by molar-refractivity contribution is 0.678. The van der Waals surface area contributed by atoms with E-state index in [1.165, 1.54) is 11.1 Å². The smallest absolute Gasteiger partial charge is 0.0994 e. The summed E-state index contributed by atoms with van der Waals surface area (Å²) in [5.41, 5.74) is 11.0. The number of nitrogens with zero attached hydrogens (tertiary/aromatic N) is 2. The number of para-hydroxylation sites is 1. The SMILES string of the molecule is Cc1ccccc1-n1cncc1[C@H](N)Cc1ccccc1. The Bertz CT molecular complexity index is 716. The highest BCUT2D eigenvalue weighted by atomic mass is 15.1. The van der Waals surface area contributed by atoms with Crippen LogP contribution >= 0.6 is 0 Å². The van der Waals surface area contributed by atoms with Crippen molar-refractivity contribution in [2.24, 2.45) is 5.73 Å². The van der Waals surface area contributed by atoms with Crippen LogP contribution in [0.1, 0.15) is 22.9 Å². The minimum Gasteiger partial charge on any atom is -0.322 e. The maximum absolute atomic E-state index is 6.40. The van der Waals surface area contributed by atoms with Crippen molar-refractivity contribution in [3.05, 3.63) is 83.9 Å². The molecule has 0 radical (unpaired) electrons. The minimum absolute atomic E-state index is 0.0745. The highest BCUT2D eigenvalue weighted by molar-refractivity contribution is 5.41. The lowest BCUT2D eigenvalue weighted by atomic mass is 10.0. The van der Waals surface area contributed by atoms with Gasteiger partial charge in [-0.05, 0) is 30.5 Å². The quantitative estimate of drug-likeness (QED) is 0.794. The number of rotatable bonds is 4. The molecule has 0 aliphatic heterocycles. The van der Waals surface area contributed by atoms with Gasteiger partial charge in [-0.3, -0.25) is 0 Å². The number of hydrogen-bond acceptors (Lipinski definition) is 2. The monoisotopic (exact) mass is 277 g/mol. The van der Waals surface area contributed by atoms with Crippen molar-refractivity contribution in [1.82, 2.24) is 9.55 Å². The molecule has 0 aliphatic carbocycles. The van der Waals surface area contributed by atoms with Crippen LogP contribution in [0, 0.1) is 6.92 Å². The number of nitrogens with two attached hydrogens (primary N) is 1. The van der Waals surface area contributed by atoms with Crippen LogP contribution in [0.2, 0.25) is 0 Å². The van der Waals surface area contributed by atoms with Crippen molar-refractivity contribution in [2.45, 2.75) is 19.4 Å². The number of aryl methyl sites for hydroxylation is 1. The van der Waals surface area contributed by atoms with Crippen LogP contribution < -0.4 is 5.73 Å². The van der Waals surface area contributed by atoms with Crippen LogP contribution in [0.3, 0.4) is 0 Å². The van der Waals surface area contributed by atoms with Gasteiger partial charge in [0.15, 0.2) is 0 Å². The molecule has 106 valence electrons. The normalized spacial score (nSPS) is 12.3. The van der Waals surface area contributed by atoms with Gasteiger partial charge in [-0.15, -0.1) is 0 Å². The summed E-state index contributed by atoms with van der Waals surface area (Å²) in [5.74, 6) is 0. The van der Waals surface area contributed by atoms with Gasteiger partial charge in [0, 0.05) is 5.69 Å². The fraction of sp³-hybridized carbons (Fsp3) is 0.167. The molecular formula is C18H19N3. The maximum Gasteiger partial charge on any atom is 0.0994 e. The topological polar surface area (TPSA) is 43.8 Å². The molecule has 21 heavy (non-hydrogen) atoms. The Morgan fingerprint density at radius 2 is 1.76 bits per heavy atom. The fourth-order valence-corrected chi connectivity index (χ4v) is 2.59. The molecule has 1 aromatic heterocycles. The third kappa shape index (κ3) is 2.88. The van der Waals surface area contributed by atoms with Crippen molar-refractivity contribution in [3.63, 3.8) is 0 Å². The van der Waals surface area contributed by atoms with Crippen molar-refractivity contribution < 1.29 is 0 Å². The van der Waals surface area contributed by atoms with Crippen LogP contribution in [0.25, 0.3) is 5.69 Å². The first kappa shape index (κ1) is 13.6. The molecule has 2 aromatic carbocycles. The molecule has 2 N–H and O–H groups in total. The standard InChI is InChI=1S/C18H19N3/c1-14-7-5-6-10-17(14)21-13-20-12-18(21)16(19)11-15-8-3-2-4-9-15/h2-10,12-13,16H,11,19H2,1H3/t16-/m1/s1. The van der Waals surface area contributed by atoms with E-state index in [-0.39, 0.29) is 6.04 Å². The van der Waals surface area contributed by atoms with E-state index in [1.54, 1.807) is 0 Å². The molecule has 3 rings (SSSR count). The summed E-state index contributed by atoms with van der Waals surface area (Å²) in [6.07, 6.45) is 4.50. The highest BCUT2D eigenvalue weighted by Gasteiger charge is 2.14. The van der Waals surface area contributed by atoms with Gasteiger partial charge in [0.25, 0.3) is 0 Å². The van der Waals surface area contributed by atoms with E-state index in [9.17, 15) is 0 Å². The molecule has 0 amide bonds. The number of benzene rings is 2. The van der Waals surface area contributed by atoms with Crippen molar-refractivity contribution >= 4 is 0 Å². The second kappa shape index (κ2) is 5.94. The van der Waals surface area contributed by atoms with Gasteiger partial charge in [0.2, 0.25) is 0 Å². The van der Waals surface area contributed by atoms with E-state index < -0.39 is 0 Å². The van der Waals surface area contributed by atoms with Crippen molar-refractivity contribution in [1.29, 1.82) is 0 Å². The molecule has 0 saturated carbocycles. The van der Waals surface area contributed by atoms with E-state index in [4.69, 9.17) is 5.73 Å². The number of aromatic nitrogens is 2. The van der Waals surface area contributed by atoms with E-state index in [2.05, 4.69) is 40.7 Å². The molecule has 3 heteroatoms. The van der Waals surface area contributed by atoms with Crippen LogP contribution in [-0.4, -0.2) is 9.55 Å². The second-order valence-electron chi connectivity index (χ2n) is 5.27. The Morgan fingerprint density at radius 3 is 2.52 bits per heavy atom. The van der Waals surface area contributed by atoms with Gasteiger partial charge < -0.3 is 10.3 Å². The Morgan fingerprint density at radius 1 is 1.05 bits per heavy atom. The number of hydrogen-bond donors (Lipinski definition) is 1. The summed E-state index contributed by atoms with van der Waals surface area (Å²) in [4.78, 5) is 4.29. The molecule has 0 fully saturated rings. The fourth-order valence-electron chi connectivity index (χ4n) is 2.59. The summed E-state index contributed by atoms with van der Waals surface area (Å²) in [5, 5.41) is 0. The zero-order valence-electron chi connectivity index (χ0n) is 12.1. The van der Waals surface area contributed by atoms with Crippen LogP contribution in [0.4, 0.5) is 0 Å². The Labute approximate surface area is 125 Å². The van der Waals surface area contributed by atoms with Gasteiger partial charge in [0.1, 0.15) is 0 Å². The van der Waals surface area contributed by atoms with Gasteiger partial charge in [0.05, 0.1) is 24.3 Å². The van der Waals surface area contributed by atoms with E-state index in [1.807, 2.05) is 42.9 Å². The van der Waals surface area contributed by atoms with E-state index in [0.29, 0.717) is 0 Å². The molecule has 0 saturated heterocycles. The first-order chi connectivity index (χ1) is 10.3. The number of imidazole rings is 1. The average Bonchev–Trinajstić information content (AvgIpc) is 2.98. The van der Waals surface area contributed by atoms with Gasteiger partial charge >= 0.3 is 0 Å². The molecule has 0 bridgehead atoms. The third-order valence-electron chi connectivity index (χ3n) is 3.72. The third-order valence-corrected chi connectivity index (χ3v) is 3.72. The minimum atomic E-state index is -0.0745. The Hall–Kier alpha value is -2.39. The zero-order valence-corrected chi connectivity index (χ0v) is 12.1. The van der Waals surface area contributed by atoms with Gasteiger partial charge in [-0.1, -0.05) is 48.5 Å². The predicted molar refractivity (Wildman–Crippen MR) is 85.4 cm³/mol. The van der Waals surface area contributed by atoms with Crippen LogP contribution in [-0.2, 0) is 6.42 Å². The molecule has 3 nitrogen and oxygen atoms in total. The van der Waals surface area contributed by atoms with E-state index >= 15 is 0 Å². The summed E-state index contributed by atoms with van der Waals surface area (Å²) >= 11 is 0. The van der Waals surface area contributed by atoms with Gasteiger partial charge in [-0.25, -0.2) is 4.98 Å². The molecule has 1 heterocycles. The Kier molecular flexibility index (Phi) is 3.84. The lowest BCUT2D eigenvalue weighted by Crippen LogP contribution is -2.17. The van der Waals surface area contributed by atoms with Crippen molar-refractivity contribution in [3.8, 4) is 5.69 Å². The van der Waals surface area contributed by atoms with Crippen LogP contribution in [0.15, 0.2) is 67.1 Å². The first-order valence-electron chi connectivity index (χ1n) is 7.13. The van der Waals surface area contributed by atoms with E-state index in [0.717, 1.165) is 17.8 Å². The zero-order chi connectivity index (χ0) is 14.7. The highest BCUT2D eigenvalue weighted by Crippen LogP contribution is 2.21. The van der Waals surface area contributed by atoms with Crippen molar-refractivity contribution in [2.75, 3.05) is 0 Å². The van der Waals surface area contributed by atoms with Gasteiger partial charge in [-0.2, -0.15) is 0 Å². The largest absolute Gasteiger partial charge is 0.322 e.